The van der Waals surface area contributed by atoms with Gasteiger partial charge in [-0.15, -0.1) is 0 Å². The summed E-state index contributed by atoms with van der Waals surface area (Å²) in [5, 5.41) is 16.2. The highest BCUT2D eigenvalue weighted by molar-refractivity contribution is 5.93. The molecule has 1 amide bonds. The van der Waals surface area contributed by atoms with E-state index in [4.69, 9.17) is 0 Å². The number of non-ortho nitro benzene ring substituents is 1. The fourth-order valence-electron chi connectivity index (χ4n) is 1.98. The van der Waals surface area contributed by atoms with Gasteiger partial charge in [0.1, 0.15) is 5.82 Å². The van der Waals surface area contributed by atoms with E-state index in [1.54, 1.807) is 18.2 Å². The molecule has 0 fully saturated rings. The summed E-state index contributed by atoms with van der Waals surface area (Å²) in [6, 6.07) is 9.58. The van der Waals surface area contributed by atoms with Gasteiger partial charge in [0.05, 0.1) is 11.5 Å². The summed E-state index contributed by atoms with van der Waals surface area (Å²) in [7, 11) is 0. The SMILES string of the molecule is Cc1cc(C)nc(NC(=O)CNc2ccc([N+](=O)[O-])cc2)c1. The zero-order chi connectivity index (χ0) is 16.1. The van der Waals surface area contributed by atoms with Gasteiger partial charge in [-0.2, -0.15) is 0 Å². The molecule has 0 radical (unpaired) electrons. The minimum atomic E-state index is -0.470. The first-order valence-electron chi connectivity index (χ1n) is 6.67. The van der Waals surface area contributed by atoms with Crippen molar-refractivity contribution in [2.75, 3.05) is 17.2 Å². The molecule has 114 valence electrons. The highest BCUT2D eigenvalue weighted by Gasteiger charge is 2.06. The molecular weight excluding hydrogens is 284 g/mol. The van der Waals surface area contributed by atoms with Gasteiger partial charge in [-0.25, -0.2) is 4.98 Å². The average Bonchev–Trinajstić information content (AvgIpc) is 2.44. The van der Waals surface area contributed by atoms with Crippen LogP contribution >= 0.6 is 0 Å². The molecule has 0 saturated heterocycles. The van der Waals surface area contributed by atoms with Crippen LogP contribution in [0.1, 0.15) is 11.3 Å². The molecule has 0 spiro atoms. The number of hydrogen-bond donors (Lipinski definition) is 2. The molecule has 0 aliphatic rings. The summed E-state index contributed by atoms with van der Waals surface area (Å²) in [4.78, 5) is 26.2. The summed E-state index contributed by atoms with van der Waals surface area (Å²) in [6.07, 6.45) is 0. The third-order valence-electron chi connectivity index (χ3n) is 2.90. The second kappa shape index (κ2) is 6.66. The topological polar surface area (TPSA) is 97.2 Å². The van der Waals surface area contributed by atoms with Crippen LogP contribution in [0.5, 0.6) is 0 Å². The molecule has 0 aliphatic heterocycles. The number of rotatable bonds is 5. The third kappa shape index (κ3) is 4.27. The van der Waals surface area contributed by atoms with Crippen molar-refractivity contribution in [1.82, 2.24) is 4.98 Å². The van der Waals surface area contributed by atoms with Crippen LogP contribution in [0.25, 0.3) is 0 Å². The molecule has 0 unspecified atom stereocenters. The number of nitro groups is 1. The summed E-state index contributed by atoms with van der Waals surface area (Å²) in [5.74, 6) is 0.267. The number of amides is 1. The van der Waals surface area contributed by atoms with E-state index < -0.39 is 4.92 Å². The Kier molecular flexibility index (Phi) is 4.67. The van der Waals surface area contributed by atoms with Crippen LogP contribution in [0, 0.1) is 24.0 Å². The molecule has 1 aromatic heterocycles. The average molecular weight is 300 g/mol. The number of nitrogens with one attached hydrogen (secondary N) is 2. The normalized spacial score (nSPS) is 10.1. The van der Waals surface area contributed by atoms with E-state index in [0.717, 1.165) is 11.3 Å². The number of hydrogen-bond acceptors (Lipinski definition) is 5. The maximum absolute atomic E-state index is 11.9. The molecule has 1 heterocycles. The Morgan fingerprint density at radius 1 is 1.23 bits per heavy atom. The van der Waals surface area contributed by atoms with Gasteiger partial charge in [-0.3, -0.25) is 14.9 Å². The summed E-state index contributed by atoms with van der Waals surface area (Å²) in [5.41, 5.74) is 2.49. The monoisotopic (exact) mass is 300 g/mol. The number of nitrogens with zero attached hydrogens (tertiary/aromatic N) is 2. The zero-order valence-corrected chi connectivity index (χ0v) is 12.3. The molecule has 0 aliphatic carbocycles. The minimum Gasteiger partial charge on any atom is -0.376 e. The van der Waals surface area contributed by atoms with E-state index >= 15 is 0 Å². The predicted octanol–water partition coefficient (Wildman–Crippen LogP) is 2.66. The molecule has 0 bridgehead atoms. The van der Waals surface area contributed by atoms with Crippen molar-refractivity contribution in [2.45, 2.75) is 13.8 Å². The van der Waals surface area contributed by atoms with Gasteiger partial charge in [0.25, 0.3) is 5.69 Å². The maximum Gasteiger partial charge on any atom is 0.269 e. The Morgan fingerprint density at radius 2 is 1.91 bits per heavy atom. The van der Waals surface area contributed by atoms with E-state index in [2.05, 4.69) is 15.6 Å². The molecular formula is C15H16N4O3. The van der Waals surface area contributed by atoms with E-state index in [0.29, 0.717) is 11.5 Å². The van der Waals surface area contributed by atoms with Crippen LogP contribution in [0.4, 0.5) is 17.2 Å². The Balaban J connectivity index is 1.91. The summed E-state index contributed by atoms with van der Waals surface area (Å²) < 4.78 is 0. The number of carbonyl (C=O) groups excluding carboxylic acids is 1. The molecule has 1 aromatic carbocycles. The van der Waals surface area contributed by atoms with Gasteiger partial charge in [0.15, 0.2) is 0 Å². The fraction of sp³-hybridized carbons (Fsp3) is 0.200. The zero-order valence-electron chi connectivity index (χ0n) is 12.3. The molecule has 7 heteroatoms. The lowest BCUT2D eigenvalue weighted by Crippen LogP contribution is -2.22. The lowest BCUT2D eigenvalue weighted by Gasteiger charge is -2.08. The number of anilines is 2. The number of benzene rings is 1. The molecule has 2 N–H and O–H groups in total. The molecule has 0 atom stereocenters. The standard InChI is InChI=1S/C15H16N4O3/c1-10-7-11(2)17-14(8-10)18-15(20)9-16-12-3-5-13(6-4-12)19(21)22/h3-8,16H,9H2,1-2H3,(H,17,18,20). The Labute approximate surface area is 127 Å². The van der Waals surface area contributed by atoms with Crippen molar-refractivity contribution in [3.63, 3.8) is 0 Å². The highest BCUT2D eigenvalue weighted by Crippen LogP contribution is 2.15. The second-order valence-electron chi connectivity index (χ2n) is 4.88. The molecule has 2 rings (SSSR count). The number of pyridine rings is 1. The largest absolute Gasteiger partial charge is 0.376 e. The van der Waals surface area contributed by atoms with Crippen LogP contribution < -0.4 is 10.6 Å². The first kappa shape index (κ1) is 15.4. The molecule has 7 nitrogen and oxygen atoms in total. The molecule has 0 saturated carbocycles. The quantitative estimate of drug-likeness (QED) is 0.653. The minimum absolute atomic E-state index is 0.00874. The van der Waals surface area contributed by atoms with Crippen LogP contribution in [-0.2, 0) is 4.79 Å². The Morgan fingerprint density at radius 3 is 2.50 bits per heavy atom. The van der Waals surface area contributed by atoms with Gasteiger partial charge in [0.2, 0.25) is 5.91 Å². The lowest BCUT2D eigenvalue weighted by atomic mass is 10.2. The van der Waals surface area contributed by atoms with Gasteiger partial charge in [-0.1, -0.05) is 0 Å². The summed E-state index contributed by atoms with van der Waals surface area (Å²) in [6.45, 7) is 3.84. The Bertz CT molecular complexity index is 678. The maximum atomic E-state index is 11.9. The van der Waals surface area contributed by atoms with Crippen molar-refractivity contribution in [3.8, 4) is 0 Å². The van der Waals surface area contributed by atoms with Crippen LogP contribution in [0.3, 0.4) is 0 Å². The van der Waals surface area contributed by atoms with Gasteiger partial charge < -0.3 is 10.6 Å². The van der Waals surface area contributed by atoms with Gasteiger partial charge in [-0.05, 0) is 43.7 Å². The number of carbonyl (C=O) groups is 1. The number of nitro benzene ring substituents is 1. The third-order valence-corrected chi connectivity index (χ3v) is 2.90. The second-order valence-corrected chi connectivity index (χ2v) is 4.88. The van der Waals surface area contributed by atoms with Crippen molar-refractivity contribution in [3.05, 3.63) is 57.8 Å². The smallest absolute Gasteiger partial charge is 0.269 e. The van der Waals surface area contributed by atoms with E-state index in [1.165, 1.54) is 12.1 Å². The van der Waals surface area contributed by atoms with Crippen molar-refractivity contribution in [2.24, 2.45) is 0 Å². The first-order chi connectivity index (χ1) is 10.4. The van der Waals surface area contributed by atoms with Gasteiger partial charge >= 0.3 is 0 Å². The predicted molar refractivity (Wildman–Crippen MR) is 83.9 cm³/mol. The van der Waals surface area contributed by atoms with Crippen LogP contribution in [0.2, 0.25) is 0 Å². The molecule has 2 aromatic rings. The fourth-order valence-corrected chi connectivity index (χ4v) is 1.98. The summed E-state index contributed by atoms with van der Waals surface area (Å²) >= 11 is 0. The number of aromatic nitrogens is 1. The van der Waals surface area contributed by atoms with E-state index in [9.17, 15) is 14.9 Å². The van der Waals surface area contributed by atoms with E-state index in [1.807, 2.05) is 19.9 Å². The highest BCUT2D eigenvalue weighted by atomic mass is 16.6. The van der Waals surface area contributed by atoms with Crippen molar-refractivity contribution < 1.29 is 9.72 Å². The first-order valence-corrected chi connectivity index (χ1v) is 6.67. The molecule has 22 heavy (non-hydrogen) atoms. The van der Waals surface area contributed by atoms with Crippen molar-refractivity contribution >= 4 is 23.1 Å². The number of aryl methyl sites for hydroxylation is 2. The van der Waals surface area contributed by atoms with Crippen LogP contribution in [-0.4, -0.2) is 22.4 Å². The van der Waals surface area contributed by atoms with Crippen molar-refractivity contribution in [1.29, 1.82) is 0 Å². The van der Waals surface area contributed by atoms with Gasteiger partial charge in [0, 0.05) is 23.5 Å². The van der Waals surface area contributed by atoms with Crippen LogP contribution in [0.15, 0.2) is 36.4 Å². The van der Waals surface area contributed by atoms with E-state index in [-0.39, 0.29) is 18.1 Å². The Hall–Kier alpha value is -2.96. The lowest BCUT2D eigenvalue weighted by molar-refractivity contribution is -0.384.